The second kappa shape index (κ2) is 8.81. The first kappa shape index (κ1) is 17.7. The largest absolute Gasteiger partial charge is 0.508 e. The van der Waals surface area contributed by atoms with Gasteiger partial charge in [-0.3, -0.25) is 9.98 Å². The van der Waals surface area contributed by atoms with Crippen LogP contribution >= 0.6 is 0 Å². The van der Waals surface area contributed by atoms with Crippen LogP contribution in [0.5, 0.6) is 11.5 Å². The molecule has 0 radical (unpaired) electrons. The Morgan fingerprint density at radius 1 is 1.00 bits per heavy atom. The molecule has 26 heavy (non-hydrogen) atoms. The van der Waals surface area contributed by atoms with Gasteiger partial charge in [-0.25, -0.2) is 0 Å². The fourth-order valence-electron chi connectivity index (χ4n) is 2.67. The maximum Gasteiger partial charge on any atom is 0.141 e. The monoisotopic (exact) mass is 346 g/mol. The van der Waals surface area contributed by atoms with Crippen LogP contribution in [0.1, 0.15) is 30.4 Å². The van der Waals surface area contributed by atoms with Gasteiger partial charge in [-0.05, 0) is 30.0 Å². The molecular weight excluding hydrogens is 324 g/mol. The number of aromatic hydroxyl groups is 2. The Bertz CT molecular complexity index is 865. The first-order chi connectivity index (χ1) is 12.7. The van der Waals surface area contributed by atoms with Crippen molar-refractivity contribution in [2.45, 2.75) is 25.8 Å². The van der Waals surface area contributed by atoms with Crippen LogP contribution in [0.2, 0.25) is 0 Å². The quantitative estimate of drug-likeness (QED) is 0.565. The Labute approximate surface area is 153 Å². The van der Waals surface area contributed by atoms with Crippen molar-refractivity contribution in [3.05, 3.63) is 77.4 Å². The first-order valence-corrected chi connectivity index (χ1v) is 8.70. The van der Waals surface area contributed by atoms with Crippen molar-refractivity contribution in [2.24, 2.45) is 9.98 Å². The minimum atomic E-state index is 0.0260. The van der Waals surface area contributed by atoms with Crippen LogP contribution < -0.4 is 0 Å². The lowest BCUT2D eigenvalue weighted by atomic mass is 10.1. The number of hydrogen-bond acceptors (Lipinski definition) is 4. The van der Waals surface area contributed by atoms with E-state index in [0.29, 0.717) is 17.8 Å². The van der Waals surface area contributed by atoms with Crippen LogP contribution in [-0.4, -0.2) is 22.6 Å². The molecule has 1 aliphatic rings. The zero-order valence-electron chi connectivity index (χ0n) is 14.5. The SMILES string of the molecule is Oc1cc(N=Cc2ccccc2)c(O)cc1CN=CCC1=CCCC=C1. The van der Waals surface area contributed by atoms with Crippen LogP contribution in [0, 0.1) is 0 Å². The third-order valence-corrected chi connectivity index (χ3v) is 4.12. The molecule has 0 aromatic heterocycles. The van der Waals surface area contributed by atoms with Crippen LogP contribution in [0.3, 0.4) is 0 Å². The van der Waals surface area contributed by atoms with E-state index in [4.69, 9.17) is 0 Å². The summed E-state index contributed by atoms with van der Waals surface area (Å²) in [6.45, 7) is 0.319. The Morgan fingerprint density at radius 3 is 2.62 bits per heavy atom. The normalized spacial score (nSPS) is 14.2. The van der Waals surface area contributed by atoms with Gasteiger partial charge in [0.25, 0.3) is 0 Å². The van der Waals surface area contributed by atoms with E-state index in [9.17, 15) is 10.2 Å². The molecule has 0 fully saturated rings. The second-order valence-corrected chi connectivity index (χ2v) is 6.12. The van der Waals surface area contributed by atoms with Crippen LogP contribution in [0.4, 0.5) is 5.69 Å². The Morgan fingerprint density at radius 2 is 1.85 bits per heavy atom. The standard InChI is InChI=1S/C22H22N2O2/c25-21-14-20(24-15-18-9-5-2-6-10-18)22(26)13-19(21)16-23-12-11-17-7-3-1-4-8-17/h2-3,5-10,12-15,25-26H,1,4,11,16H2. The highest BCUT2D eigenvalue weighted by Gasteiger charge is 2.07. The van der Waals surface area contributed by atoms with Gasteiger partial charge in [-0.1, -0.05) is 48.6 Å². The highest BCUT2D eigenvalue weighted by Crippen LogP contribution is 2.34. The molecule has 4 nitrogen and oxygen atoms in total. The van der Waals surface area contributed by atoms with Gasteiger partial charge in [0.15, 0.2) is 0 Å². The molecule has 0 saturated heterocycles. The number of benzene rings is 2. The number of phenols is 2. The Balaban J connectivity index is 1.64. The zero-order chi connectivity index (χ0) is 18.2. The Hall–Kier alpha value is -3.14. The van der Waals surface area contributed by atoms with Crippen LogP contribution in [-0.2, 0) is 6.54 Å². The van der Waals surface area contributed by atoms with Crippen molar-refractivity contribution in [2.75, 3.05) is 0 Å². The van der Waals surface area contributed by atoms with E-state index in [1.807, 2.05) is 36.5 Å². The van der Waals surface area contributed by atoms with Crippen LogP contribution in [0.25, 0.3) is 0 Å². The van der Waals surface area contributed by atoms with Crippen molar-refractivity contribution in [1.82, 2.24) is 0 Å². The molecule has 1 aliphatic carbocycles. The average molecular weight is 346 g/mol. The number of hydrogen-bond donors (Lipinski definition) is 2. The maximum atomic E-state index is 10.2. The molecule has 0 amide bonds. The number of rotatable bonds is 6. The molecule has 132 valence electrons. The van der Waals surface area contributed by atoms with E-state index in [0.717, 1.165) is 24.8 Å². The fraction of sp³-hybridized carbons (Fsp3) is 0.182. The molecular formula is C22H22N2O2. The van der Waals surface area contributed by atoms with E-state index in [2.05, 4.69) is 28.2 Å². The van der Waals surface area contributed by atoms with Crippen molar-refractivity contribution in [3.8, 4) is 11.5 Å². The number of nitrogens with zero attached hydrogens (tertiary/aromatic N) is 2. The molecule has 2 aromatic carbocycles. The Kier molecular flexibility index (Phi) is 5.99. The summed E-state index contributed by atoms with van der Waals surface area (Å²) in [5.74, 6) is 0.107. The summed E-state index contributed by atoms with van der Waals surface area (Å²) in [6.07, 6.45) is 13.0. The third-order valence-electron chi connectivity index (χ3n) is 4.12. The third kappa shape index (κ3) is 4.93. The van der Waals surface area contributed by atoms with E-state index < -0.39 is 0 Å². The lowest BCUT2D eigenvalue weighted by molar-refractivity contribution is 0.455. The van der Waals surface area contributed by atoms with Crippen molar-refractivity contribution in [1.29, 1.82) is 0 Å². The predicted molar refractivity (Wildman–Crippen MR) is 107 cm³/mol. The van der Waals surface area contributed by atoms with Crippen LogP contribution in [0.15, 0.2) is 76.3 Å². The number of phenolic OH excluding ortho intramolecular Hbond substituents is 2. The van der Waals surface area contributed by atoms with Gasteiger partial charge in [0.1, 0.15) is 17.2 Å². The summed E-state index contributed by atoms with van der Waals surface area (Å²) in [6, 6.07) is 12.6. The lowest BCUT2D eigenvalue weighted by Gasteiger charge is -2.06. The molecule has 0 unspecified atom stereocenters. The second-order valence-electron chi connectivity index (χ2n) is 6.12. The first-order valence-electron chi connectivity index (χ1n) is 8.70. The van der Waals surface area contributed by atoms with Gasteiger partial charge >= 0.3 is 0 Å². The van der Waals surface area contributed by atoms with Gasteiger partial charge in [0.05, 0.1) is 6.54 Å². The maximum absolute atomic E-state index is 10.2. The molecule has 0 bridgehead atoms. The predicted octanol–water partition coefficient (Wildman–Crippen LogP) is 5.09. The lowest BCUT2D eigenvalue weighted by Crippen LogP contribution is -1.88. The summed E-state index contributed by atoms with van der Waals surface area (Å²) in [5.41, 5.74) is 3.09. The number of aliphatic imine (C=N–C) groups is 2. The highest BCUT2D eigenvalue weighted by molar-refractivity contribution is 5.82. The molecule has 2 aromatic rings. The molecule has 0 aliphatic heterocycles. The van der Waals surface area contributed by atoms with Gasteiger partial charge in [-0.2, -0.15) is 0 Å². The molecule has 0 saturated carbocycles. The van der Waals surface area contributed by atoms with Gasteiger partial charge in [0, 0.05) is 30.5 Å². The molecule has 4 heteroatoms. The molecule has 2 N–H and O–H groups in total. The minimum Gasteiger partial charge on any atom is -0.508 e. The van der Waals surface area contributed by atoms with Crippen molar-refractivity contribution in [3.63, 3.8) is 0 Å². The summed E-state index contributed by atoms with van der Waals surface area (Å²) in [4.78, 5) is 8.60. The smallest absolute Gasteiger partial charge is 0.141 e. The topological polar surface area (TPSA) is 65.2 Å². The molecule has 0 spiro atoms. The number of allylic oxidation sites excluding steroid dienone is 4. The summed E-state index contributed by atoms with van der Waals surface area (Å²) in [5, 5.41) is 20.3. The summed E-state index contributed by atoms with van der Waals surface area (Å²) >= 11 is 0. The fourth-order valence-corrected chi connectivity index (χ4v) is 2.67. The summed E-state index contributed by atoms with van der Waals surface area (Å²) in [7, 11) is 0. The average Bonchev–Trinajstić information content (AvgIpc) is 2.68. The highest BCUT2D eigenvalue weighted by atomic mass is 16.3. The van der Waals surface area contributed by atoms with Gasteiger partial charge < -0.3 is 10.2 Å². The van der Waals surface area contributed by atoms with Crippen molar-refractivity contribution >= 4 is 18.1 Å². The van der Waals surface area contributed by atoms with Gasteiger partial charge in [-0.15, -0.1) is 0 Å². The molecule has 0 atom stereocenters. The molecule has 0 heterocycles. The molecule has 3 rings (SSSR count). The van der Waals surface area contributed by atoms with Gasteiger partial charge in [0.2, 0.25) is 0 Å². The van der Waals surface area contributed by atoms with E-state index in [-0.39, 0.29) is 11.5 Å². The zero-order valence-corrected chi connectivity index (χ0v) is 14.5. The minimum absolute atomic E-state index is 0.0260. The van der Waals surface area contributed by atoms with E-state index in [1.165, 1.54) is 17.7 Å². The van der Waals surface area contributed by atoms with E-state index in [1.54, 1.807) is 6.21 Å². The van der Waals surface area contributed by atoms with E-state index >= 15 is 0 Å². The van der Waals surface area contributed by atoms with Crippen molar-refractivity contribution < 1.29 is 10.2 Å². The summed E-state index contributed by atoms with van der Waals surface area (Å²) < 4.78 is 0.